The highest BCUT2D eigenvalue weighted by atomic mass is 79.9. The van der Waals surface area contributed by atoms with Crippen molar-refractivity contribution in [1.82, 2.24) is 5.32 Å². The van der Waals surface area contributed by atoms with Crippen molar-refractivity contribution in [2.45, 2.75) is 6.54 Å². The average Bonchev–Trinajstić information content (AvgIpc) is 2.42. The Balaban J connectivity index is 1.63. The highest BCUT2D eigenvalue weighted by Crippen LogP contribution is 2.10. The van der Waals surface area contributed by atoms with Crippen molar-refractivity contribution < 1.29 is 4.74 Å². The molecule has 0 heterocycles. The van der Waals surface area contributed by atoms with Crippen molar-refractivity contribution in [3.63, 3.8) is 0 Å². The summed E-state index contributed by atoms with van der Waals surface area (Å²) >= 11 is 3.42. The molecule has 0 aliphatic heterocycles. The lowest BCUT2D eigenvalue weighted by Crippen LogP contribution is -2.20. The smallest absolute Gasteiger partial charge is 0.119 e. The average molecular weight is 306 g/mol. The lowest BCUT2D eigenvalue weighted by atomic mass is 10.2. The van der Waals surface area contributed by atoms with Gasteiger partial charge in [0.15, 0.2) is 0 Å². The minimum atomic E-state index is 0.681. The van der Waals surface area contributed by atoms with E-state index in [1.165, 1.54) is 5.56 Å². The normalized spacial score (nSPS) is 10.3. The fourth-order valence-electron chi connectivity index (χ4n) is 1.59. The highest BCUT2D eigenvalue weighted by Gasteiger charge is 1.94. The Hall–Kier alpha value is -1.32. The molecule has 0 spiro atoms. The second-order valence-electron chi connectivity index (χ2n) is 3.96. The lowest BCUT2D eigenvalue weighted by molar-refractivity contribution is 0.313. The summed E-state index contributed by atoms with van der Waals surface area (Å²) < 4.78 is 6.70. The summed E-state index contributed by atoms with van der Waals surface area (Å²) in [5, 5.41) is 3.35. The van der Waals surface area contributed by atoms with Gasteiger partial charge in [-0.25, -0.2) is 0 Å². The standard InChI is InChI=1S/C15H16BrNO/c16-14-8-6-13(7-9-14)12-17-10-11-18-15-4-2-1-3-5-15/h1-9,17H,10-12H2. The van der Waals surface area contributed by atoms with Gasteiger partial charge in [0.25, 0.3) is 0 Å². The van der Waals surface area contributed by atoms with E-state index in [4.69, 9.17) is 4.74 Å². The van der Waals surface area contributed by atoms with Gasteiger partial charge in [0.1, 0.15) is 12.4 Å². The van der Waals surface area contributed by atoms with Crippen molar-refractivity contribution in [3.8, 4) is 5.75 Å². The predicted octanol–water partition coefficient (Wildman–Crippen LogP) is 3.62. The molecule has 0 fully saturated rings. The van der Waals surface area contributed by atoms with E-state index in [1.54, 1.807) is 0 Å². The summed E-state index contributed by atoms with van der Waals surface area (Å²) in [5.74, 6) is 0.919. The van der Waals surface area contributed by atoms with Crippen molar-refractivity contribution in [2.75, 3.05) is 13.2 Å². The molecule has 0 aromatic heterocycles. The van der Waals surface area contributed by atoms with Crippen molar-refractivity contribution >= 4 is 15.9 Å². The number of hydrogen-bond donors (Lipinski definition) is 1. The molecule has 0 aliphatic rings. The van der Waals surface area contributed by atoms with E-state index in [2.05, 4.69) is 45.5 Å². The van der Waals surface area contributed by atoms with Gasteiger partial charge in [-0.05, 0) is 29.8 Å². The number of nitrogens with one attached hydrogen (secondary N) is 1. The molecule has 0 aliphatic carbocycles. The van der Waals surface area contributed by atoms with E-state index in [1.807, 2.05) is 30.3 Å². The Bertz CT molecular complexity index is 456. The zero-order valence-electron chi connectivity index (χ0n) is 10.1. The minimum Gasteiger partial charge on any atom is -0.492 e. The largest absolute Gasteiger partial charge is 0.492 e. The first-order chi connectivity index (χ1) is 8.84. The molecule has 0 unspecified atom stereocenters. The van der Waals surface area contributed by atoms with E-state index < -0.39 is 0 Å². The maximum Gasteiger partial charge on any atom is 0.119 e. The molecular weight excluding hydrogens is 290 g/mol. The molecule has 3 heteroatoms. The zero-order chi connectivity index (χ0) is 12.6. The van der Waals surface area contributed by atoms with E-state index in [-0.39, 0.29) is 0 Å². The maximum atomic E-state index is 5.59. The molecule has 1 N–H and O–H groups in total. The highest BCUT2D eigenvalue weighted by molar-refractivity contribution is 9.10. The SMILES string of the molecule is Brc1ccc(CNCCOc2ccccc2)cc1. The Morgan fingerprint density at radius 2 is 1.67 bits per heavy atom. The number of benzene rings is 2. The van der Waals surface area contributed by atoms with Crippen LogP contribution in [0.4, 0.5) is 0 Å². The van der Waals surface area contributed by atoms with Crippen LogP contribution in [0.25, 0.3) is 0 Å². The van der Waals surface area contributed by atoms with Crippen LogP contribution in [0.1, 0.15) is 5.56 Å². The fourth-order valence-corrected chi connectivity index (χ4v) is 1.86. The van der Waals surface area contributed by atoms with Gasteiger partial charge >= 0.3 is 0 Å². The third-order valence-corrected chi connectivity index (χ3v) is 3.06. The number of hydrogen-bond acceptors (Lipinski definition) is 2. The summed E-state index contributed by atoms with van der Waals surface area (Å²) in [4.78, 5) is 0. The molecule has 0 atom stereocenters. The predicted molar refractivity (Wildman–Crippen MR) is 77.8 cm³/mol. The molecule has 2 nitrogen and oxygen atoms in total. The molecule has 0 radical (unpaired) electrons. The van der Waals surface area contributed by atoms with Crippen LogP contribution in [-0.2, 0) is 6.54 Å². The Labute approximate surface area is 116 Å². The van der Waals surface area contributed by atoms with Crippen LogP contribution in [0, 0.1) is 0 Å². The van der Waals surface area contributed by atoms with Crippen molar-refractivity contribution in [3.05, 3.63) is 64.6 Å². The molecular formula is C15H16BrNO. The molecule has 2 aromatic rings. The summed E-state index contributed by atoms with van der Waals surface area (Å²) in [6.45, 7) is 2.39. The molecule has 2 aromatic carbocycles. The first-order valence-electron chi connectivity index (χ1n) is 5.97. The lowest BCUT2D eigenvalue weighted by Gasteiger charge is -2.07. The third-order valence-electron chi connectivity index (χ3n) is 2.53. The van der Waals surface area contributed by atoms with Gasteiger partial charge in [0, 0.05) is 17.6 Å². The van der Waals surface area contributed by atoms with E-state index in [0.29, 0.717) is 6.61 Å². The molecule has 0 saturated heterocycles. The fraction of sp³-hybridized carbons (Fsp3) is 0.200. The van der Waals surface area contributed by atoms with Gasteiger partial charge < -0.3 is 10.1 Å². The number of ether oxygens (including phenoxy) is 1. The molecule has 2 rings (SSSR count). The molecule has 18 heavy (non-hydrogen) atoms. The van der Waals surface area contributed by atoms with Gasteiger partial charge in [-0.3, -0.25) is 0 Å². The summed E-state index contributed by atoms with van der Waals surface area (Å²) in [5.41, 5.74) is 1.28. The third kappa shape index (κ3) is 4.51. The zero-order valence-corrected chi connectivity index (χ0v) is 11.7. The van der Waals surface area contributed by atoms with Crippen molar-refractivity contribution in [2.24, 2.45) is 0 Å². The van der Waals surface area contributed by atoms with Crippen LogP contribution in [0.2, 0.25) is 0 Å². The van der Waals surface area contributed by atoms with Gasteiger partial charge in [-0.1, -0.05) is 46.3 Å². The van der Waals surface area contributed by atoms with Crippen LogP contribution in [0.15, 0.2) is 59.1 Å². The van der Waals surface area contributed by atoms with Crippen LogP contribution < -0.4 is 10.1 Å². The second-order valence-corrected chi connectivity index (χ2v) is 4.88. The first-order valence-corrected chi connectivity index (χ1v) is 6.77. The minimum absolute atomic E-state index is 0.681. The molecule has 0 amide bonds. The molecule has 0 bridgehead atoms. The quantitative estimate of drug-likeness (QED) is 0.823. The van der Waals surface area contributed by atoms with Gasteiger partial charge in [0.2, 0.25) is 0 Å². The second kappa shape index (κ2) is 7.19. The number of rotatable bonds is 6. The van der Waals surface area contributed by atoms with Crippen LogP contribution >= 0.6 is 15.9 Å². The molecule has 94 valence electrons. The summed E-state index contributed by atoms with van der Waals surface area (Å²) in [7, 11) is 0. The topological polar surface area (TPSA) is 21.3 Å². The van der Waals surface area contributed by atoms with Crippen LogP contribution in [-0.4, -0.2) is 13.2 Å². The first kappa shape index (κ1) is 13.1. The van der Waals surface area contributed by atoms with Crippen LogP contribution in [0.3, 0.4) is 0 Å². The van der Waals surface area contributed by atoms with E-state index >= 15 is 0 Å². The van der Waals surface area contributed by atoms with Gasteiger partial charge in [-0.15, -0.1) is 0 Å². The number of halogens is 1. The van der Waals surface area contributed by atoms with E-state index in [0.717, 1.165) is 23.3 Å². The Morgan fingerprint density at radius 1 is 0.944 bits per heavy atom. The maximum absolute atomic E-state index is 5.59. The Kier molecular flexibility index (Phi) is 5.24. The monoisotopic (exact) mass is 305 g/mol. The van der Waals surface area contributed by atoms with Crippen LogP contribution in [0.5, 0.6) is 5.75 Å². The summed E-state index contributed by atoms with van der Waals surface area (Å²) in [6, 6.07) is 18.2. The van der Waals surface area contributed by atoms with Gasteiger partial charge in [-0.2, -0.15) is 0 Å². The van der Waals surface area contributed by atoms with E-state index in [9.17, 15) is 0 Å². The van der Waals surface area contributed by atoms with Gasteiger partial charge in [0.05, 0.1) is 0 Å². The Morgan fingerprint density at radius 3 is 2.39 bits per heavy atom. The van der Waals surface area contributed by atoms with Crippen molar-refractivity contribution in [1.29, 1.82) is 0 Å². The number of para-hydroxylation sites is 1. The summed E-state index contributed by atoms with van der Waals surface area (Å²) in [6.07, 6.45) is 0. The molecule has 0 saturated carbocycles.